The van der Waals surface area contributed by atoms with Gasteiger partial charge in [-0.05, 0) is 67.1 Å². The van der Waals surface area contributed by atoms with E-state index in [9.17, 15) is 9.59 Å². The monoisotopic (exact) mass is 513 g/mol. The van der Waals surface area contributed by atoms with Crippen LogP contribution in [0.3, 0.4) is 0 Å². The SMILES string of the molecule is COc1ccc(-c2oc3cc(C)c(Cl)cc3c(=O)c2OCC(=O)Nc2ccc(OC)c(Cl)c2)cc1. The summed E-state index contributed by atoms with van der Waals surface area (Å²) in [6, 6.07) is 15.0. The van der Waals surface area contributed by atoms with Crippen LogP contribution in [0, 0.1) is 6.92 Å². The summed E-state index contributed by atoms with van der Waals surface area (Å²) in [5.41, 5.74) is 1.70. The summed E-state index contributed by atoms with van der Waals surface area (Å²) in [5.74, 6) is 0.707. The summed E-state index contributed by atoms with van der Waals surface area (Å²) in [4.78, 5) is 25.9. The predicted octanol–water partition coefficient (Wildman–Crippen LogP) is 6.11. The highest BCUT2D eigenvalue weighted by atomic mass is 35.5. The second kappa shape index (κ2) is 10.3. The fourth-order valence-electron chi connectivity index (χ4n) is 3.44. The van der Waals surface area contributed by atoms with Crippen molar-refractivity contribution in [3.05, 3.63) is 80.4 Å². The molecule has 7 nitrogen and oxygen atoms in total. The molecule has 0 saturated carbocycles. The number of hydrogen-bond acceptors (Lipinski definition) is 6. The second-order valence-corrected chi connectivity index (χ2v) is 8.42. The molecule has 4 rings (SSSR count). The molecule has 0 aliphatic carbocycles. The van der Waals surface area contributed by atoms with Crippen LogP contribution < -0.4 is 25.0 Å². The van der Waals surface area contributed by atoms with Crippen LogP contribution in [0.2, 0.25) is 10.0 Å². The molecule has 0 spiro atoms. The van der Waals surface area contributed by atoms with Gasteiger partial charge in [0.05, 0.1) is 24.6 Å². The van der Waals surface area contributed by atoms with Crippen LogP contribution in [-0.4, -0.2) is 26.7 Å². The van der Waals surface area contributed by atoms with Crippen molar-refractivity contribution in [2.45, 2.75) is 6.92 Å². The van der Waals surface area contributed by atoms with E-state index in [1.165, 1.54) is 13.2 Å². The number of benzene rings is 3. The smallest absolute Gasteiger partial charge is 0.262 e. The number of amides is 1. The maximum absolute atomic E-state index is 13.4. The minimum atomic E-state index is -0.492. The number of halogens is 2. The average molecular weight is 514 g/mol. The van der Waals surface area contributed by atoms with Crippen LogP contribution in [0.5, 0.6) is 17.2 Å². The molecule has 0 bridgehead atoms. The number of hydrogen-bond donors (Lipinski definition) is 1. The van der Waals surface area contributed by atoms with Crippen LogP contribution in [0.4, 0.5) is 5.69 Å². The summed E-state index contributed by atoms with van der Waals surface area (Å²) < 4.78 is 22.1. The van der Waals surface area contributed by atoms with Gasteiger partial charge in [0, 0.05) is 16.3 Å². The minimum absolute atomic E-state index is 0.106. The normalized spacial score (nSPS) is 10.8. The van der Waals surface area contributed by atoms with Crippen molar-refractivity contribution in [3.63, 3.8) is 0 Å². The highest BCUT2D eigenvalue weighted by molar-refractivity contribution is 6.32. The fourth-order valence-corrected chi connectivity index (χ4v) is 3.86. The number of rotatable bonds is 7. The molecular weight excluding hydrogens is 493 g/mol. The molecule has 1 aromatic heterocycles. The van der Waals surface area contributed by atoms with Gasteiger partial charge in [-0.2, -0.15) is 0 Å². The molecule has 0 unspecified atom stereocenters. The van der Waals surface area contributed by atoms with Crippen molar-refractivity contribution in [1.82, 2.24) is 0 Å². The number of methoxy groups -OCH3 is 2. The highest BCUT2D eigenvalue weighted by Crippen LogP contribution is 2.34. The van der Waals surface area contributed by atoms with Crippen LogP contribution in [0.25, 0.3) is 22.3 Å². The van der Waals surface area contributed by atoms with Gasteiger partial charge in [0.2, 0.25) is 11.2 Å². The van der Waals surface area contributed by atoms with Gasteiger partial charge in [0.25, 0.3) is 5.91 Å². The number of ether oxygens (including phenoxy) is 3. The standard InChI is InChI=1S/C26H21Cl2NO6/c1-14-10-22-18(12-19(14)27)24(31)26(25(35-22)15-4-7-17(32-2)8-5-15)34-13-23(30)29-16-6-9-21(33-3)20(28)11-16/h4-12H,13H2,1-3H3,(H,29,30). The lowest BCUT2D eigenvalue weighted by molar-refractivity contribution is -0.118. The van der Waals surface area contributed by atoms with E-state index in [1.54, 1.807) is 55.6 Å². The van der Waals surface area contributed by atoms with E-state index in [0.717, 1.165) is 5.56 Å². The Morgan fingerprint density at radius 2 is 1.71 bits per heavy atom. The molecule has 180 valence electrons. The number of carbonyl (C=O) groups is 1. The summed E-state index contributed by atoms with van der Waals surface area (Å²) in [7, 11) is 3.05. The van der Waals surface area contributed by atoms with Gasteiger partial charge in [-0.1, -0.05) is 23.2 Å². The van der Waals surface area contributed by atoms with E-state index >= 15 is 0 Å². The molecule has 35 heavy (non-hydrogen) atoms. The molecule has 0 saturated heterocycles. The van der Waals surface area contributed by atoms with E-state index < -0.39 is 17.9 Å². The molecule has 1 N–H and O–H groups in total. The molecule has 1 heterocycles. The Morgan fingerprint density at radius 3 is 2.37 bits per heavy atom. The van der Waals surface area contributed by atoms with Gasteiger partial charge >= 0.3 is 0 Å². The van der Waals surface area contributed by atoms with E-state index in [0.29, 0.717) is 38.4 Å². The fraction of sp³-hybridized carbons (Fsp3) is 0.154. The number of anilines is 1. The zero-order valence-corrected chi connectivity index (χ0v) is 20.6. The molecular formula is C26H21Cl2NO6. The van der Waals surface area contributed by atoms with E-state index in [4.69, 9.17) is 41.8 Å². The third-order valence-corrected chi connectivity index (χ3v) is 5.97. The van der Waals surface area contributed by atoms with Gasteiger partial charge in [-0.3, -0.25) is 9.59 Å². The average Bonchev–Trinajstić information content (AvgIpc) is 2.85. The van der Waals surface area contributed by atoms with Crippen LogP contribution >= 0.6 is 23.2 Å². The summed E-state index contributed by atoms with van der Waals surface area (Å²) >= 11 is 12.4. The van der Waals surface area contributed by atoms with Crippen molar-refractivity contribution in [2.75, 3.05) is 26.1 Å². The van der Waals surface area contributed by atoms with Crippen molar-refractivity contribution >= 4 is 45.8 Å². The topological polar surface area (TPSA) is 87.0 Å². The van der Waals surface area contributed by atoms with Crippen LogP contribution in [0.1, 0.15) is 5.56 Å². The summed E-state index contributed by atoms with van der Waals surface area (Å²) in [6.07, 6.45) is 0. The lowest BCUT2D eigenvalue weighted by atomic mass is 10.1. The zero-order valence-electron chi connectivity index (χ0n) is 19.1. The maximum atomic E-state index is 13.4. The molecule has 0 aliphatic rings. The van der Waals surface area contributed by atoms with E-state index in [1.807, 2.05) is 6.92 Å². The summed E-state index contributed by atoms with van der Waals surface area (Å²) in [6.45, 7) is 1.37. The maximum Gasteiger partial charge on any atom is 0.262 e. The van der Waals surface area contributed by atoms with E-state index in [2.05, 4.69) is 5.32 Å². The Morgan fingerprint density at radius 1 is 0.971 bits per heavy atom. The van der Waals surface area contributed by atoms with Crippen LogP contribution in [0.15, 0.2) is 63.8 Å². The van der Waals surface area contributed by atoms with Gasteiger partial charge < -0.3 is 23.9 Å². The first-order valence-corrected chi connectivity index (χ1v) is 11.2. The Kier molecular flexibility index (Phi) is 7.19. The van der Waals surface area contributed by atoms with Gasteiger partial charge in [-0.25, -0.2) is 0 Å². The summed E-state index contributed by atoms with van der Waals surface area (Å²) in [5, 5.41) is 3.68. The molecule has 0 radical (unpaired) electrons. The first kappa shape index (κ1) is 24.4. The van der Waals surface area contributed by atoms with E-state index in [-0.39, 0.29) is 16.9 Å². The largest absolute Gasteiger partial charge is 0.497 e. The molecule has 4 aromatic rings. The van der Waals surface area contributed by atoms with Gasteiger partial charge in [0.1, 0.15) is 17.1 Å². The molecule has 9 heteroatoms. The molecule has 0 fully saturated rings. The number of carbonyl (C=O) groups excluding carboxylic acids is 1. The first-order valence-electron chi connectivity index (χ1n) is 10.5. The molecule has 0 atom stereocenters. The Balaban J connectivity index is 1.68. The Hall–Kier alpha value is -3.68. The highest BCUT2D eigenvalue weighted by Gasteiger charge is 2.20. The predicted molar refractivity (Wildman–Crippen MR) is 136 cm³/mol. The van der Waals surface area contributed by atoms with Crippen LogP contribution in [-0.2, 0) is 4.79 Å². The Bertz CT molecular complexity index is 1460. The van der Waals surface area contributed by atoms with Crippen molar-refractivity contribution in [2.24, 2.45) is 0 Å². The van der Waals surface area contributed by atoms with Crippen molar-refractivity contribution < 1.29 is 23.4 Å². The minimum Gasteiger partial charge on any atom is -0.497 e. The van der Waals surface area contributed by atoms with Gasteiger partial charge in [-0.15, -0.1) is 0 Å². The number of aryl methyl sites for hydroxylation is 1. The Labute approximate surface area is 211 Å². The zero-order chi connectivity index (χ0) is 25.1. The van der Waals surface area contributed by atoms with Crippen molar-refractivity contribution in [1.29, 1.82) is 0 Å². The first-order chi connectivity index (χ1) is 16.8. The molecule has 1 amide bonds. The third-order valence-electron chi connectivity index (χ3n) is 5.27. The second-order valence-electron chi connectivity index (χ2n) is 7.60. The lowest BCUT2D eigenvalue weighted by Crippen LogP contribution is -2.22. The molecule has 3 aromatic carbocycles. The number of nitrogens with one attached hydrogen (secondary N) is 1. The lowest BCUT2D eigenvalue weighted by Gasteiger charge is -2.13. The van der Waals surface area contributed by atoms with Crippen molar-refractivity contribution in [3.8, 4) is 28.6 Å². The third kappa shape index (κ3) is 5.21. The molecule has 0 aliphatic heterocycles. The quantitative estimate of drug-likeness (QED) is 0.320. The van der Waals surface area contributed by atoms with Gasteiger partial charge in [0.15, 0.2) is 12.4 Å². The number of fused-ring (bicyclic) bond motifs is 1.